The Hall–Kier alpha value is -2.45. The van der Waals surface area contributed by atoms with E-state index in [1.807, 2.05) is 0 Å². The summed E-state index contributed by atoms with van der Waals surface area (Å²) in [5, 5.41) is 2.74. The number of nitrogens with one attached hydrogen (secondary N) is 3. The molecule has 2 aromatic rings. The van der Waals surface area contributed by atoms with Crippen molar-refractivity contribution in [3.8, 4) is 0 Å². The fourth-order valence-corrected chi connectivity index (χ4v) is 3.12. The molecule has 7 nitrogen and oxygen atoms in total. The Bertz CT molecular complexity index is 837. The molecule has 0 aliphatic heterocycles. The summed E-state index contributed by atoms with van der Waals surface area (Å²) in [7, 11) is -3.45. The van der Waals surface area contributed by atoms with Gasteiger partial charge in [0.1, 0.15) is 0 Å². The highest BCUT2D eigenvalue weighted by molar-refractivity contribution is 7.89. The second-order valence-corrected chi connectivity index (χ2v) is 6.86. The molecule has 0 saturated carbocycles. The summed E-state index contributed by atoms with van der Waals surface area (Å²) in [6, 6.07) is 9.26. The zero-order chi connectivity index (χ0) is 17.6. The number of sulfonamides is 1. The summed E-state index contributed by atoms with van der Waals surface area (Å²) >= 11 is 0. The third kappa shape index (κ3) is 4.77. The number of rotatable bonds is 7. The number of aromatic nitrogens is 1. The normalized spacial score (nSPS) is 11.2. The van der Waals surface area contributed by atoms with Crippen LogP contribution in [0.25, 0.3) is 0 Å². The van der Waals surface area contributed by atoms with E-state index in [9.17, 15) is 18.0 Å². The van der Waals surface area contributed by atoms with Crippen molar-refractivity contribution in [2.75, 3.05) is 13.1 Å². The number of amides is 1. The van der Waals surface area contributed by atoms with Crippen LogP contribution in [-0.2, 0) is 16.4 Å². The number of pyridine rings is 1. The molecule has 8 heteroatoms. The molecule has 1 aromatic carbocycles. The van der Waals surface area contributed by atoms with Crippen LogP contribution >= 0.6 is 0 Å². The highest BCUT2D eigenvalue weighted by atomic mass is 32.2. The average Bonchev–Trinajstić information content (AvgIpc) is 2.56. The molecule has 2 rings (SSSR count). The largest absolute Gasteiger partial charge is 0.352 e. The maximum atomic E-state index is 11.9. The third-order valence-electron chi connectivity index (χ3n) is 3.31. The first-order chi connectivity index (χ1) is 11.4. The molecule has 1 amide bonds. The number of hydrogen-bond acceptors (Lipinski definition) is 4. The van der Waals surface area contributed by atoms with Crippen LogP contribution in [0.4, 0.5) is 0 Å². The lowest BCUT2D eigenvalue weighted by atomic mass is 10.1. The van der Waals surface area contributed by atoms with Crippen molar-refractivity contribution in [3.63, 3.8) is 0 Å². The molecule has 0 aliphatic rings. The fourth-order valence-electron chi connectivity index (χ4n) is 2.08. The minimum atomic E-state index is -3.45. The molecule has 0 unspecified atom stereocenters. The van der Waals surface area contributed by atoms with Gasteiger partial charge >= 0.3 is 0 Å². The minimum Gasteiger partial charge on any atom is -0.352 e. The van der Waals surface area contributed by atoms with Crippen LogP contribution in [0, 0.1) is 0 Å². The van der Waals surface area contributed by atoms with Crippen molar-refractivity contribution < 1.29 is 13.2 Å². The van der Waals surface area contributed by atoms with Gasteiger partial charge in [-0.3, -0.25) is 9.59 Å². The number of carbonyl (C=O) groups excluding carboxylic acids is 1. The van der Waals surface area contributed by atoms with E-state index in [0.717, 1.165) is 5.56 Å². The minimum absolute atomic E-state index is 0.213. The number of hydrogen-bond donors (Lipinski definition) is 3. The molecule has 0 saturated heterocycles. The van der Waals surface area contributed by atoms with Crippen LogP contribution in [0.1, 0.15) is 22.8 Å². The first-order valence-electron chi connectivity index (χ1n) is 7.48. The van der Waals surface area contributed by atoms with Crippen molar-refractivity contribution in [1.29, 1.82) is 0 Å². The summed E-state index contributed by atoms with van der Waals surface area (Å²) in [5.41, 5.74) is 1.02. The Morgan fingerprint density at radius 3 is 2.42 bits per heavy atom. The zero-order valence-corrected chi connectivity index (χ0v) is 14.0. The van der Waals surface area contributed by atoms with Gasteiger partial charge in [-0.15, -0.1) is 0 Å². The average molecular weight is 349 g/mol. The van der Waals surface area contributed by atoms with Crippen LogP contribution in [-0.4, -0.2) is 32.4 Å². The molecule has 0 aliphatic carbocycles. The van der Waals surface area contributed by atoms with Gasteiger partial charge in [-0.1, -0.05) is 19.1 Å². The topological polar surface area (TPSA) is 108 Å². The van der Waals surface area contributed by atoms with Crippen LogP contribution in [0.2, 0.25) is 0 Å². The highest BCUT2D eigenvalue weighted by Gasteiger charge is 2.11. The van der Waals surface area contributed by atoms with Gasteiger partial charge in [0.2, 0.25) is 15.6 Å². The third-order valence-corrected chi connectivity index (χ3v) is 4.88. The lowest BCUT2D eigenvalue weighted by Gasteiger charge is -2.07. The SMILES string of the molecule is CCNS(=O)(=O)c1ccc(CCNC(=O)c2ccc(=O)[nH]c2)cc1. The van der Waals surface area contributed by atoms with Crippen LogP contribution < -0.4 is 15.6 Å². The van der Waals surface area contributed by atoms with E-state index in [0.29, 0.717) is 25.1 Å². The molecule has 1 aromatic heterocycles. The van der Waals surface area contributed by atoms with E-state index >= 15 is 0 Å². The summed E-state index contributed by atoms with van der Waals surface area (Å²) in [6.45, 7) is 2.45. The highest BCUT2D eigenvalue weighted by Crippen LogP contribution is 2.10. The summed E-state index contributed by atoms with van der Waals surface area (Å²) < 4.78 is 26.1. The summed E-state index contributed by atoms with van der Waals surface area (Å²) in [6.07, 6.45) is 1.93. The number of carbonyl (C=O) groups is 1. The Balaban J connectivity index is 1.90. The maximum absolute atomic E-state index is 11.9. The van der Waals surface area contributed by atoms with E-state index in [4.69, 9.17) is 0 Å². The number of benzene rings is 1. The van der Waals surface area contributed by atoms with Crippen molar-refractivity contribution in [2.45, 2.75) is 18.2 Å². The predicted octanol–water partition coefficient (Wildman–Crippen LogP) is 0.646. The molecule has 24 heavy (non-hydrogen) atoms. The van der Waals surface area contributed by atoms with Crippen molar-refractivity contribution in [2.24, 2.45) is 0 Å². The first kappa shape index (κ1) is 17.9. The Morgan fingerprint density at radius 2 is 1.83 bits per heavy atom. The van der Waals surface area contributed by atoms with Crippen LogP contribution in [0.15, 0.2) is 52.3 Å². The van der Waals surface area contributed by atoms with Crippen molar-refractivity contribution in [3.05, 3.63) is 64.1 Å². The van der Waals surface area contributed by atoms with Gasteiger partial charge < -0.3 is 10.3 Å². The van der Waals surface area contributed by atoms with E-state index in [1.165, 1.54) is 30.5 Å². The second kappa shape index (κ2) is 7.89. The molecule has 3 N–H and O–H groups in total. The Morgan fingerprint density at radius 1 is 1.12 bits per heavy atom. The first-order valence-corrected chi connectivity index (χ1v) is 8.96. The van der Waals surface area contributed by atoms with Crippen molar-refractivity contribution in [1.82, 2.24) is 15.0 Å². The molecular weight excluding hydrogens is 330 g/mol. The predicted molar refractivity (Wildman–Crippen MR) is 90.4 cm³/mol. The molecule has 0 radical (unpaired) electrons. The van der Waals surface area contributed by atoms with Gasteiger partial charge in [-0.2, -0.15) is 0 Å². The summed E-state index contributed by atoms with van der Waals surface area (Å²) in [4.78, 5) is 25.5. The van der Waals surface area contributed by atoms with Gasteiger partial charge in [0.25, 0.3) is 5.91 Å². The molecular formula is C16H19N3O4S. The van der Waals surface area contributed by atoms with E-state index in [-0.39, 0.29) is 16.4 Å². The van der Waals surface area contributed by atoms with Gasteiger partial charge in [0, 0.05) is 25.4 Å². The van der Waals surface area contributed by atoms with E-state index < -0.39 is 10.0 Å². The lowest BCUT2D eigenvalue weighted by Crippen LogP contribution is -2.26. The quantitative estimate of drug-likeness (QED) is 0.682. The molecule has 0 bridgehead atoms. The molecule has 0 fully saturated rings. The van der Waals surface area contributed by atoms with Crippen molar-refractivity contribution >= 4 is 15.9 Å². The lowest BCUT2D eigenvalue weighted by molar-refractivity contribution is 0.0953. The molecule has 0 atom stereocenters. The van der Waals surface area contributed by atoms with Gasteiger partial charge in [0.15, 0.2) is 0 Å². The smallest absolute Gasteiger partial charge is 0.252 e. The number of aromatic amines is 1. The monoisotopic (exact) mass is 349 g/mol. The van der Waals surface area contributed by atoms with E-state index in [1.54, 1.807) is 19.1 Å². The summed E-state index contributed by atoms with van der Waals surface area (Å²) in [5.74, 6) is -0.280. The zero-order valence-electron chi connectivity index (χ0n) is 13.2. The fraction of sp³-hybridized carbons (Fsp3) is 0.250. The number of H-pyrrole nitrogens is 1. The molecule has 128 valence electrons. The van der Waals surface area contributed by atoms with Gasteiger partial charge in [-0.05, 0) is 30.2 Å². The Kier molecular flexibility index (Phi) is 5.88. The van der Waals surface area contributed by atoms with E-state index in [2.05, 4.69) is 15.0 Å². The molecule has 0 spiro atoms. The maximum Gasteiger partial charge on any atom is 0.252 e. The van der Waals surface area contributed by atoms with Crippen LogP contribution in [0.3, 0.4) is 0 Å². The van der Waals surface area contributed by atoms with Crippen LogP contribution in [0.5, 0.6) is 0 Å². The second-order valence-electron chi connectivity index (χ2n) is 5.09. The molecule has 1 heterocycles. The Labute approximate surface area is 140 Å². The standard InChI is InChI=1S/C16H19N3O4S/c1-2-19-24(22,23)14-6-3-12(4-7-14)9-10-17-16(21)13-5-8-15(20)18-11-13/h3-8,11,19H,2,9-10H2,1H3,(H,17,21)(H,18,20). The van der Waals surface area contributed by atoms with Gasteiger partial charge in [-0.25, -0.2) is 13.1 Å². The van der Waals surface area contributed by atoms with Gasteiger partial charge in [0.05, 0.1) is 10.5 Å².